The lowest BCUT2D eigenvalue weighted by Crippen LogP contribution is -2.61. The number of hydrogen-bond donors (Lipinski definition) is 20. The SMILES string of the molecule is CC(C)[C@H](NC(=O)[C@H](CCC(=O)O)NC(=O)CNC(=O)[C@@H](NC(=O)[C@H](Cc1ccc(O)cc1)NC(=O)[C@H](CO)NC(=O)CNC(=O)[C@H](CC(N)=O)NC(=O)CNC(=O)[C@H](Cc1ccccc1)NC(=O)[C@@H](N)CCCCN)[C@@H](C)O)C(=O)N[C@@H](CO)C(=O)O. The topological polar surface area (TPSA) is 571 Å². The Hall–Kier alpha value is -9.38. The number of carboxylic acids is 2. The zero-order chi connectivity index (χ0) is 66.2. The molecule has 2 rings (SSSR count). The third-order valence-electron chi connectivity index (χ3n) is 12.8. The maximum atomic E-state index is 13.9. The van der Waals surface area contributed by atoms with E-state index in [-0.39, 0.29) is 24.2 Å². The fourth-order valence-electron chi connectivity index (χ4n) is 7.96. The van der Waals surface area contributed by atoms with Crippen molar-refractivity contribution in [1.82, 2.24) is 58.5 Å². The smallest absolute Gasteiger partial charge is 0.328 e. The molecule has 0 bridgehead atoms. The van der Waals surface area contributed by atoms with Crippen LogP contribution in [0.1, 0.15) is 70.4 Å². The summed E-state index contributed by atoms with van der Waals surface area (Å²) in [7, 11) is 0. The number of phenolic OH excluding ortho intramolecular Hbond substituents is 1. The van der Waals surface area contributed by atoms with Gasteiger partial charge in [-0.3, -0.25) is 62.3 Å². The summed E-state index contributed by atoms with van der Waals surface area (Å²) in [5.74, 6) is -16.6. The second kappa shape index (κ2) is 38.6. The molecule has 12 amide bonds. The number of phenols is 1. The van der Waals surface area contributed by atoms with Crippen molar-refractivity contribution >= 4 is 82.8 Å². The van der Waals surface area contributed by atoms with E-state index in [1.807, 2.05) is 5.32 Å². The highest BCUT2D eigenvalue weighted by atomic mass is 16.4. The van der Waals surface area contributed by atoms with E-state index in [4.69, 9.17) is 17.2 Å². The van der Waals surface area contributed by atoms with Crippen molar-refractivity contribution in [3.8, 4) is 5.75 Å². The highest BCUT2D eigenvalue weighted by Gasteiger charge is 2.35. The molecule has 0 radical (unpaired) electrons. The molecule has 88 heavy (non-hydrogen) atoms. The molecule has 0 aliphatic carbocycles. The van der Waals surface area contributed by atoms with E-state index in [1.165, 1.54) is 38.1 Å². The average Bonchev–Trinajstić information content (AvgIpc) is 3.66. The Morgan fingerprint density at radius 2 is 0.943 bits per heavy atom. The number of carboxylic acid groups (broad SMARTS) is 2. The molecule has 0 spiro atoms. The molecule has 0 saturated carbocycles. The average molecular weight is 1250 g/mol. The van der Waals surface area contributed by atoms with Crippen molar-refractivity contribution in [2.24, 2.45) is 23.1 Å². The Bertz CT molecular complexity index is 2740. The second-order valence-electron chi connectivity index (χ2n) is 20.4. The first-order valence-corrected chi connectivity index (χ1v) is 27.6. The van der Waals surface area contributed by atoms with Crippen LogP contribution >= 0.6 is 0 Å². The van der Waals surface area contributed by atoms with Crippen LogP contribution in [0.15, 0.2) is 54.6 Å². The number of hydrogen-bond acceptors (Lipinski definition) is 20. The van der Waals surface area contributed by atoms with Gasteiger partial charge in [-0.15, -0.1) is 0 Å². The molecule has 0 saturated heterocycles. The van der Waals surface area contributed by atoms with Gasteiger partial charge < -0.3 is 106 Å². The van der Waals surface area contributed by atoms with E-state index < -0.39 is 208 Å². The lowest BCUT2D eigenvalue weighted by Gasteiger charge is -2.27. The van der Waals surface area contributed by atoms with Crippen molar-refractivity contribution in [3.05, 3.63) is 65.7 Å². The number of aromatic hydroxyl groups is 1. The van der Waals surface area contributed by atoms with E-state index in [0.717, 1.165) is 6.92 Å². The van der Waals surface area contributed by atoms with Crippen molar-refractivity contribution < 1.29 is 97.8 Å². The minimum absolute atomic E-state index is 0.00546. The number of benzene rings is 2. The summed E-state index contributed by atoms with van der Waals surface area (Å²) >= 11 is 0. The first kappa shape index (κ1) is 74.7. The highest BCUT2D eigenvalue weighted by Crippen LogP contribution is 2.13. The molecule has 0 aliphatic heterocycles. The van der Waals surface area contributed by atoms with Gasteiger partial charge in [-0.25, -0.2) is 4.79 Å². The predicted octanol–water partition coefficient (Wildman–Crippen LogP) is -8.29. The van der Waals surface area contributed by atoms with E-state index in [2.05, 4.69) is 53.2 Å². The van der Waals surface area contributed by atoms with Gasteiger partial charge >= 0.3 is 11.9 Å². The number of aliphatic hydroxyl groups is 3. The van der Waals surface area contributed by atoms with Crippen molar-refractivity contribution in [3.63, 3.8) is 0 Å². The zero-order valence-corrected chi connectivity index (χ0v) is 48.6. The monoisotopic (exact) mass is 1240 g/mol. The molecular formula is C54H80N14O20. The van der Waals surface area contributed by atoms with Crippen LogP contribution in [0.2, 0.25) is 0 Å². The Morgan fingerprint density at radius 1 is 0.489 bits per heavy atom. The maximum Gasteiger partial charge on any atom is 0.328 e. The molecule has 0 unspecified atom stereocenters. The number of nitrogens with one attached hydrogen (secondary N) is 11. The molecule has 486 valence electrons. The number of carbonyl (C=O) groups excluding carboxylic acids is 12. The van der Waals surface area contributed by atoms with Gasteiger partial charge in [-0.1, -0.05) is 62.7 Å². The fourth-order valence-corrected chi connectivity index (χ4v) is 7.96. The maximum absolute atomic E-state index is 13.9. The fraction of sp³-hybridized carbons (Fsp3) is 0.519. The van der Waals surface area contributed by atoms with Gasteiger partial charge in [0.25, 0.3) is 0 Å². The van der Waals surface area contributed by atoms with Crippen LogP contribution in [0.5, 0.6) is 5.75 Å². The summed E-state index contributed by atoms with van der Waals surface area (Å²) in [6.07, 6.45) is -2.76. The summed E-state index contributed by atoms with van der Waals surface area (Å²) in [6, 6.07) is -0.545. The predicted molar refractivity (Wildman–Crippen MR) is 306 cm³/mol. The van der Waals surface area contributed by atoms with Crippen molar-refractivity contribution in [2.75, 3.05) is 39.4 Å². The molecule has 2 aromatic carbocycles. The van der Waals surface area contributed by atoms with Gasteiger partial charge in [0.15, 0.2) is 0 Å². The molecule has 0 aliphatic rings. The highest BCUT2D eigenvalue weighted by molar-refractivity contribution is 5.99. The van der Waals surface area contributed by atoms with Crippen LogP contribution in [-0.4, -0.2) is 213 Å². The number of rotatable bonds is 40. The molecule has 2 aromatic rings. The van der Waals surface area contributed by atoms with Crippen molar-refractivity contribution in [1.29, 1.82) is 0 Å². The summed E-state index contributed by atoms with van der Waals surface area (Å²) < 4.78 is 0. The van der Waals surface area contributed by atoms with Crippen molar-refractivity contribution in [2.45, 2.75) is 133 Å². The molecule has 0 fully saturated rings. The van der Waals surface area contributed by atoms with Gasteiger partial charge in [0, 0.05) is 19.3 Å². The van der Waals surface area contributed by atoms with E-state index in [1.54, 1.807) is 30.3 Å². The van der Waals surface area contributed by atoms with E-state index in [0.29, 0.717) is 24.9 Å². The lowest BCUT2D eigenvalue weighted by atomic mass is 10.0. The Balaban J connectivity index is 2.18. The minimum atomic E-state index is -1.90. The van der Waals surface area contributed by atoms with Crippen LogP contribution in [0.3, 0.4) is 0 Å². The number of aliphatic hydroxyl groups excluding tert-OH is 3. The quantitative estimate of drug-likeness (QED) is 0.0276. The number of unbranched alkanes of at least 4 members (excludes halogenated alkanes) is 1. The van der Waals surface area contributed by atoms with Gasteiger partial charge in [0.2, 0.25) is 70.9 Å². The second-order valence-corrected chi connectivity index (χ2v) is 20.4. The summed E-state index contributed by atoms with van der Waals surface area (Å²) in [6.45, 7) is -0.463. The number of aliphatic carboxylic acids is 2. The Morgan fingerprint density at radius 3 is 1.44 bits per heavy atom. The van der Waals surface area contributed by atoms with E-state index in [9.17, 15) is 97.8 Å². The molecule has 0 aromatic heterocycles. The number of amides is 12. The minimum Gasteiger partial charge on any atom is -0.508 e. The first-order chi connectivity index (χ1) is 41.5. The largest absolute Gasteiger partial charge is 0.508 e. The van der Waals surface area contributed by atoms with Crippen LogP contribution in [0.4, 0.5) is 0 Å². The number of primary amides is 1. The van der Waals surface area contributed by atoms with Gasteiger partial charge in [-0.2, -0.15) is 0 Å². The lowest BCUT2D eigenvalue weighted by molar-refractivity contribution is -0.143. The third kappa shape index (κ3) is 27.8. The molecule has 23 N–H and O–H groups in total. The van der Waals surface area contributed by atoms with Gasteiger partial charge in [-0.05, 0) is 61.9 Å². The van der Waals surface area contributed by atoms with Crippen LogP contribution in [0, 0.1) is 5.92 Å². The number of carbonyl (C=O) groups is 14. The normalized spacial score (nSPS) is 14.3. The zero-order valence-electron chi connectivity index (χ0n) is 48.6. The summed E-state index contributed by atoms with van der Waals surface area (Å²) in [5.41, 5.74) is 17.8. The summed E-state index contributed by atoms with van der Waals surface area (Å²) in [4.78, 5) is 181. The van der Waals surface area contributed by atoms with E-state index >= 15 is 0 Å². The summed E-state index contributed by atoms with van der Waals surface area (Å²) in [5, 5.41) is 83.2. The van der Waals surface area contributed by atoms with Crippen LogP contribution in [0.25, 0.3) is 0 Å². The molecule has 34 heteroatoms. The van der Waals surface area contributed by atoms with Gasteiger partial charge in [0.1, 0.15) is 54.1 Å². The molecule has 10 atom stereocenters. The van der Waals surface area contributed by atoms with Gasteiger partial charge in [0.05, 0.1) is 51.4 Å². The third-order valence-corrected chi connectivity index (χ3v) is 12.8. The Labute approximate surface area is 504 Å². The molecule has 0 heterocycles. The van der Waals surface area contributed by atoms with Crippen LogP contribution < -0.4 is 75.7 Å². The number of nitrogens with two attached hydrogens (primary N) is 3. The standard InChI is InChI=1S/C54H80N14O20/c1-27(2)44(53(86)66-38(26-70)54(87)88)67-49(82)33(16-17-43(77)78)61-40(74)24-60-52(85)45(28(3)71)68-50(83)35(20-30-12-14-31(72)15-13-30)65-51(84)37(25-69)63-42(76)23-59-48(81)36(21-39(57)73)62-41(75)22-58-47(80)34(19-29-9-5-4-6-10-29)64-46(79)32(56)11-7-8-18-55/h4-6,9-10,12-15,27-28,32-38,44-45,69-72H,7-8,11,16-26,55-56H2,1-3H3,(H2,57,73)(H,58,80)(H,59,81)(H,60,85)(H,61,74)(H,62,75)(H,63,76)(H,64,79)(H,65,84)(H,66,86)(H,67,82)(H,68,83)(H,77,78)(H,87,88)/t28-,32+,33+,34+,35+,36+,37+,38+,44+,45+/m1/s1. The molecule has 34 nitrogen and oxygen atoms in total. The van der Waals surface area contributed by atoms with Crippen LogP contribution in [-0.2, 0) is 80.0 Å². The Kier molecular flexibility index (Phi) is 32.8. The first-order valence-electron chi connectivity index (χ1n) is 27.6. The molecular weight excluding hydrogens is 1160 g/mol.